The predicted molar refractivity (Wildman–Crippen MR) is 79.9 cm³/mol. The summed E-state index contributed by atoms with van der Waals surface area (Å²) in [5.41, 5.74) is 1.86. The van der Waals surface area contributed by atoms with Crippen molar-refractivity contribution in [2.24, 2.45) is 0 Å². The fourth-order valence-corrected chi connectivity index (χ4v) is 2.45. The van der Waals surface area contributed by atoms with E-state index in [1.54, 1.807) is 0 Å². The van der Waals surface area contributed by atoms with Crippen LogP contribution >= 0.6 is 0 Å². The van der Waals surface area contributed by atoms with Crippen LogP contribution in [0.2, 0.25) is 0 Å². The van der Waals surface area contributed by atoms with Crippen molar-refractivity contribution in [3.05, 3.63) is 35.4 Å². The van der Waals surface area contributed by atoms with Gasteiger partial charge < -0.3 is 15.3 Å². The summed E-state index contributed by atoms with van der Waals surface area (Å²) in [7, 11) is 0. The van der Waals surface area contributed by atoms with Crippen LogP contribution in [0.3, 0.4) is 0 Å². The Morgan fingerprint density at radius 1 is 1.29 bits per heavy atom. The van der Waals surface area contributed by atoms with Crippen molar-refractivity contribution in [2.75, 3.05) is 6.54 Å². The van der Waals surface area contributed by atoms with E-state index in [4.69, 9.17) is 0 Å². The highest BCUT2D eigenvalue weighted by atomic mass is 16.4. The Labute approximate surface area is 125 Å². The van der Waals surface area contributed by atoms with Crippen LogP contribution in [0, 0.1) is 0 Å². The van der Waals surface area contributed by atoms with Crippen LogP contribution in [0.25, 0.3) is 0 Å². The maximum atomic E-state index is 12.4. The quantitative estimate of drug-likeness (QED) is 0.883. The molecule has 114 valence electrons. The molecule has 0 aromatic heterocycles. The van der Waals surface area contributed by atoms with Crippen LogP contribution in [0.15, 0.2) is 24.3 Å². The van der Waals surface area contributed by atoms with Crippen LogP contribution in [0.1, 0.15) is 31.9 Å². The Morgan fingerprint density at radius 3 is 2.48 bits per heavy atom. The van der Waals surface area contributed by atoms with E-state index in [9.17, 15) is 14.7 Å². The number of carboxylic acid groups (broad SMARTS) is 1. The van der Waals surface area contributed by atoms with E-state index in [0.717, 1.165) is 11.1 Å². The lowest BCUT2D eigenvalue weighted by Crippen LogP contribution is -2.52. The van der Waals surface area contributed by atoms with E-state index in [-0.39, 0.29) is 18.0 Å². The number of fused-ring (bicyclic) bond motifs is 1. The summed E-state index contributed by atoms with van der Waals surface area (Å²) in [6.07, 6.45) is 0.368. The Morgan fingerprint density at radius 2 is 1.90 bits per heavy atom. The van der Waals surface area contributed by atoms with Crippen molar-refractivity contribution in [1.29, 1.82) is 0 Å². The number of hydrogen-bond acceptors (Lipinski definition) is 3. The molecule has 0 aliphatic carbocycles. The first-order chi connectivity index (χ1) is 9.78. The zero-order chi connectivity index (χ0) is 15.6. The van der Waals surface area contributed by atoms with E-state index in [0.29, 0.717) is 13.0 Å². The number of nitrogens with zero attached hydrogens (tertiary/aromatic N) is 1. The molecule has 1 aliphatic rings. The molecule has 0 unspecified atom stereocenters. The maximum Gasteiger partial charge on any atom is 0.326 e. The fraction of sp³-hybridized carbons (Fsp3) is 0.500. The van der Waals surface area contributed by atoms with Crippen LogP contribution in [-0.2, 0) is 22.6 Å². The highest BCUT2D eigenvalue weighted by Crippen LogP contribution is 2.23. The molecule has 0 spiro atoms. The van der Waals surface area contributed by atoms with Crippen LogP contribution in [-0.4, -0.2) is 40.0 Å². The third-order valence-corrected chi connectivity index (χ3v) is 3.62. The summed E-state index contributed by atoms with van der Waals surface area (Å²) in [6, 6.07) is 6.91. The highest BCUT2D eigenvalue weighted by molar-refractivity contribution is 5.85. The second-order valence-electron chi connectivity index (χ2n) is 6.45. The molecule has 2 rings (SSSR count). The molecular formula is C16H22N2O3. The van der Waals surface area contributed by atoms with Gasteiger partial charge in [-0.2, -0.15) is 0 Å². The largest absolute Gasteiger partial charge is 0.480 e. The molecule has 5 nitrogen and oxygen atoms in total. The Kier molecular flexibility index (Phi) is 4.32. The average Bonchev–Trinajstić information content (AvgIpc) is 2.42. The Hall–Kier alpha value is -1.88. The second-order valence-corrected chi connectivity index (χ2v) is 6.45. The average molecular weight is 290 g/mol. The molecule has 1 aliphatic heterocycles. The van der Waals surface area contributed by atoms with Gasteiger partial charge >= 0.3 is 5.97 Å². The molecule has 1 atom stereocenters. The number of benzene rings is 1. The summed E-state index contributed by atoms with van der Waals surface area (Å²) < 4.78 is 0. The number of nitrogens with one attached hydrogen (secondary N) is 1. The molecule has 0 saturated heterocycles. The van der Waals surface area contributed by atoms with Crippen LogP contribution in [0.4, 0.5) is 0 Å². The fourth-order valence-electron chi connectivity index (χ4n) is 2.45. The van der Waals surface area contributed by atoms with Gasteiger partial charge in [-0.1, -0.05) is 24.3 Å². The minimum atomic E-state index is -0.950. The molecule has 0 bridgehead atoms. The van der Waals surface area contributed by atoms with Gasteiger partial charge in [-0.25, -0.2) is 4.79 Å². The number of carbonyl (C=O) groups is 2. The monoisotopic (exact) mass is 290 g/mol. The lowest BCUT2D eigenvalue weighted by Gasteiger charge is -2.35. The standard InChI is InChI=1S/C16H22N2O3/c1-16(2,3)17-9-14(19)18-10-12-7-5-4-6-11(12)8-13(18)15(20)21/h4-7,13,17H,8-10H2,1-3H3,(H,20,21)/t13-/m0/s1. The van der Waals surface area contributed by atoms with Gasteiger partial charge in [0.05, 0.1) is 6.54 Å². The second kappa shape index (κ2) is 5.85. The number of hydrogen-bond donors (Lipinski definition) is 2. The van der Waals surface area contributed by atoms with Crippen molar-refractivity contribution in [3.8, 4) is 0 Å². The zero-order valence-electron chi connectivity index (χ0n) is 12.7. The molecule has 0 fully saturated rings. The van der Waals surface area contributed by atoms with Crippen molar-refractivity contribution in [2.45, 2.75) is 45.3 Å². The molecule has 1 aromatic rings. The smallest absolute Gasteiger partial charge is 0.326 e. The number of rotatable bonds is 3. The van der Waals surface area contributed by atoms with Gasteiger partial charge in [0.1, 0.15) is 6.04 Å². The topological polar surface area (TPSA) is 69.6 Å². The van der Waals surface area contributed by atoms with Crippen molar-refractivity contribution >= 4 is 11.9 Å². The molecule has 0 radical (unpaired) electrons. The molecule has 1 aromatic carbocycles. The molecule has 0 saturated carbocycles. The molecule has 1 heterocycles. The van der Waals surface area contributed by atoms with Gasteiger partial charge in [0.15, 0.2) is 0 Å². The number of aliphatic carboxylic acids is 1. The van der Waals surface area contributed by atoms with Crippen LogP contribution < -0.4 is 5.32 Å². The molecule has 2 N–H and O–H groups in total. The third-order valence-electron chi connectivity index (χ3n) is 3.62. The van der Waals surface area contributed by atoms with Gasteiger partial charge in [-0.05, 0) is 31.9 Å². The highest BCUT2D eigenvalue weighted by Gasteiger charge is 2.34. The summed E-state index contributed by atoms with van der Waals surface area (Å²) in [6.45, 7) is 6.43. The lowest BCUT2D eigenvalue weighted by molar-refractivity contribution is -0.151. The van der Waals surface area contributed by atoms with E-state index in [2.05, 4.69) is 5.32 Å². The van der Waals surface area contributed by atoms with E-state index in [1.165, 1.54) is 4.90 Å². The number of carboxylic acids is 1. The summed E-state index contributed by atoms with van der Waals surface area (Å²) >= 11 is 0. The predicted octanol–water partition coefficient (Wildman–Crippen LogP) is 1.41. The molecule has 5 heteroatoms. The Balaban J connectivity index is 2.17. The van der Waals surface area contributed by atoms with Gasteiger partial charge in [0.2, 0.25) is 5.91 Å². The van der Waals surface area contributed by atoms with E-state index >= 15 is 0 Å². The van der Waals surface area contributed by atoms with Crippen molar-refractivity contribution in [3.63, 3.8) is 0 Å². The first kappa shape index (κ1) is 15.5. The molecule has 1 amide bonds. The summed E-state index contributed by atoms with van der Waals surface area (Å²) in [5.74, 6) is -1.12. The molecule has 21 heavy (non-hydrogen) atoms. The van der Waals surface area contributed by atoms with E-state index in [1.807, 2.05) is 45.0 Å². The zero-order valence-corrected chi connectivity index (χ0v) is 12.7. The minimum Gasteiger partial charge on any atom is -0.480 e. The SMILES string of the molecule is CC(C)(C)NCC(=O)N1Cc2ccccc2C[C@H]1C(=O)O. The first-order valence-corrected chi connectivity index (χ1v) is 7.12. The number of carbonyl (C=O) groups excluding carboxylic acids is 1. The lowest BCUT2D eigenvalue weighted by atomic mass is 9.94. The van der Waals surface area contributed by atoms with Gasteiger partial charge in [-0.3, -0.25) is 4.79 Å². The number of amides is 1. The first-order valence-electron chi connectivity index (χ1n) is 7.12. The third kappa shape index (κ3) is 3.82. The van der Waals surface area contributed by atoms with Gasteiger partial charge in [0.25, 0.3) is 0 Å². The maximum absolute atomic E-state index is 12.4. The summed E-state index contributed by atoms with van der Waals surface area (Å²) in [4.78, 5) is 25.3. The van der Waals surface area contributed by atoms with Crippen molar-refractivity contribution < 1.29 is 14.7 Å². The minimum absolute atomic E-state index is 0.148. The van der Waals surface area contributed by atoms with Gasteiger partial charge in [0, 0.05) is 18.5 Å². The van der Waals surface area contributed by atoms with E-state index < -0.39 is 12.0 Å². The Bertz CT molecular complexity index is 549. The van der Waals surface area contributed by atoms with Crippen molar-refractivity contribution in [1.82, 2.24) is 10.2 Å². The summed E-state index contributed by atoms with van der Waals surface area (Å²) in [5, 5.41) is 12.5. The van der Waals surface area contributed by atoms with Gasteiger partial charge in [-0.15, -0.1) is 0 Å². The normalized spacial score (nSPS) is 18.2. The van der Waals surface area contributed by atoms with Crippen LogP contribution in [0.5, 0.6) is 0 Å². The molecular weight excluding hydrogens is 268 g/mol.